The van der Waals surface area contributed by atoms with E-state index < -0.39 is 0 Å². The van der Waals surface area contributed by atoms with Crippen molar-refractivity contribution in [3.63, 3.8) is 0 Å². The zero-order chi connectivity index (χ0) is 22.3. The Hall–Kier alpha value is -2.84. The van der Waals surface area contributed by atoms with Crippen LogP contribution in [0.15, 0.2) is 79.4 Å². The highest BCUT2D eigenvalue weighted by molar-refractivity contribution is 5.71. The summed E-state index contributed by atoms with van der Waals surface area (Å²) in [6.07, 6.45) is 0. The molecule has 0 fully saturated rings. The number of hydrogen-bond acceptors (Lipinski definition) is 2. The third-order valence-electron chi connectivity index (χ3n) is 5.14. The molecule has 0 aliphatic heterocycles. The normalized spacial score (nSPS) is 10.9. The fourth-order valence-electron chi connectivity index (χ4n) is 3.59. The molecule has 2 heteroatoms. The Labute approximate surface area is 182 Å². The van der Waals surface area contributed by atoms with Gasteiger partial charge < -0.3 is 4.84 Å². The molecule has 0 aromatic heterocycles. The molecular formula is C28H35NO. The summed E-state index contributed by atoms with van der Waals surface area (Å²) in [6.45, 7) is 16.8. The number of rotatable bonds is 5. The van der Waals surface area contributed by atoms with E-state index in [1.54, 1.807) is 0 Å². The average Bonchev–Trinajstić information content (AvgIpc) is 2.75. The molecule has 158 valence electrons. The summed E-state index contributed by atoms with van der Waals surface area (Å²) < 4.78 is 0. The van der Waals surface area contributed by atoms with Crippen molar-refractivity contribution in [2.75, 3.05) is 0 Å². The van der Waals surface area contributed by atoms with Crippen molar-refractivity contribution in [1.82, 2.24) is 0 Å². The molecule has 0 atom stereocenters. The standard InChI is InChI=1S/C26H29NO.C2H6/c1-18(2)22-16-21(26(3,4)5)17-23(25(22)28-27)24(19-12-8-6-9-13-19)20-14-10-7-11-15-20;1-2/h6-17,24H,1,27H2,2-5H3;1-2H3. The van der Waals surface area contributed by atoms with E-state index in [4.69, 9.17) is 10.7 Å². The fraction of sp³-hybridized carbons (Fsp3) is 0.286. The van der Waals surface area contributed by atoms with Crippen LogP contribution in [0.5, 0.6) is 5.75 Å². The van der Waals surface area contributed by atoms with Crippen molar-refractivity contribution < 1.29 is 4.84 Å². The van der Waals surface area contributed by atoms with Gasteiger partial charge in [-0.2, -0.15) is 5.90 Å². The summed E-state index contributed by atoms with van der Waals surface area (Å²) in [4.78, 5) is 5.47. The van der Waals surface area contributed by atoms with Gasteiger partial charge in [-0.25, -0.2) is 0 Å². The lowest BCUT2D eigenvalue weighted by Gasteiger charge is -2.27. The van der Waals surface area contributed by atoms with E-state index in [1.807, 2.05) is 32.9 Å². The predicted octanol–water partition coefficient (Wildman–Crippen LogP) is 7.48. The van der Waals surface area contributed by atoms with Crippen LogP contribution in [0, 0.1) is 0 Å². The van der Waals surface area contributed by atoms with Gasteiger partial charge in [0.25, 0.3) is 0 Å². The van der Waals surface area contributed by atoms with Gasteiger partial charge in [0.05, 0.1) is 0 Å². The zero-order valence-corrected chi connectivity index (χ0v) is 19.2. The Balaban J connectivity index is 0.00000155. The molecule has 2 N–H and O–H groups in total. The smallest absolute Gasteiger partial charge is 0.158 e. The van der Waals surface area contributed by atoms with Crippen LogP contribution in [0.25, 0.3) is 5.57 Å². The minimum absolute atomic E-state index is 0.00992. The van der Waals surface area contributed by atoms with Gasteiger partial charge in [-0.15, -0.1) is 0 Å². The lowest BCUT2D eigenvalue weighted by atomic mass is 9.78. The maximum atomic E-state index is 5.80. The predicted molar refractivity (Wildman–Crippen MR) is 130 cm³/mol. The molecule has 0 bridgehead atoms. The fourth-order valence-corrected chi connectivity index (χ4v) is 3.59. The van der Waals surface area contributed by atoms with Crippen LogP contribution in [-0.2, 0) is 5.41 Å². The van der Waals surface area contributed by atoms with Crippen LogP contribution in [0.1, 0.15) is 75.3 Å². The maximum absolute atomic E-state index is 5.80. The van der Waals surface area contributed by atoms with Crippen molar-refractivity contribution >= 4 is 5.57 Å². The first kappa shape index (κ1) is 23.4. The van der Waals surface area contributed by atoms with E-state index in [0.717, 1.165) is 16.7 Å². The Kier molecular flexibility index (Phi) is 8.02. The maximum Gasteiger partial charge on any atom is 0.158 e. The lowest BCUT2D eigenvalue weighted by Crippen LogP contribution is -2.17. The lowest BCUT2D eigenvalue weighted by molar-refractivity contribution is 0.329. The van der Waals surface area contributed by atoms with Gasteiger partial charge in [0.15, 0.2) is 5.75 Å². The second-order valence-corrected chi connectivity index (χ2v) is 8.34. The molecular weight excluding hydrogens is 366 g/mol. The largest absolute Gasteiger partial charge is 0.411 e. The molecule has 0 aliphatic rings. The molecule has 3 aromatic carbocycles. The Morgan fingerprint density at radius 3 is 1.70 bits per heavy atom. The van der Waals surface area contributed by atoms with Crippen LogP contribution in [0.2, 0.25) is 0 Å². The van der Waals surface area contributed by atoms with Crippen LogP contribution in [0.3, 0.4) is 0 Å². The van der Waals surface area contributed by atoms with Gasteiger partial charge in [0, 0.05) is 17.0 Å². The first-order chi connectivity index (χ1) is 14.3. The number of nitrogens with two attached hydrogens (primary N) is 1. The van der Waals surface area contributed by atoms with Gasteiger partial charge in [-0.3, -0.25) is 0 Å². The van der Waals surface area contributed by atoms with E-state index >= 15 is 0 Å². The van der Waals surface area contributed by atoms with Gasteiger partial charge in [0.1, 0.15) is 0 Å². The van der Waals surface area contributed by atoms with E-state index in [0.29, 0.717) is 5.75 Å². The van der Waals surface area contributed by atoms with Crippen LogP contribution in [-0.4, -0.2) is 0 Å². The molecule has 0 saturated heterocycles. The number of allylic oxidation sites excluding steroid dienone is 1. The molecule has 30 heavy (non-hydrogen) atoms. The Bertz CT molecular complexity index is 914. The van der Waals surface area contributed by atoms with E-state index in [9.17, 15) is 0 Å². The van der Waals surface area contributed by atoms with Crippen molar-refractivity contribution in [2.45, 2.75) is 52.9 Å². The summed E-state index contributed by atoms with van der Waals surface area (Å²) in [5.74, 6) is 6.51. The first-order valence-electron chi connectivity index (χ1n) is 10.6. The zero-order valence-electron chi connectivity index (χ0n) is 19.2. The number of hydrogen-bond donors (Lipinski definition) is 1. The first-order valence-corrected chi connectivity index (χ1v) is 10.6. The monoisotopic (exact) mass is 401 g/mol. The molecule has 0 heterocycles. The van der Waals surface area contributed by atoms with Gasteiger partial charge in [-0.05, 0) is 40.7 Å². The third kappa shape index (κ3) is 5.20. The molecule has 2 nitrogen and oxygen atoms in total. The third-order valence-corrected chi connectivity index (χ3v) is 5.14. The van der Waals surface area contributed by atoms with Gasteiger partial charge in [-0.1, -0.05) is 108 Å². The van der Waals surface area contributed by atoms with Crippen molar-refractivity contribution in [1.29, 1.82) is 0 Å². The highest BCUT2D eigenvalue weighted by Crippen LogP contribution is 2.42. The molecule has 0 unspecified atom stereocenters. The summed E-state index contributed by atoms with van der Waals surface area (Å²) in [5.41, 5.74) is 6.58. The molecule has 0 aliphatic carbocycles. The highest BCUT2D eigenvalue weighted by atomic mass is 16.6. The molecule has 0 amide bonds. The highest BCUT2D eigenvalue weighted by Gasteiger charge is 2.26. The number of benzene rings is 3. The minimum atomic E-state index is -0.00992. The second-order valence-electron chi connectivity index (χ2n) is 8.34. The van der Waals surface area contributed by atoms with Crippen molar-refractivity contribution in [3.8, 4) is 5.75 Å². The van der Waals surface area contributed by atoms with Crippen LogP contribution < -0.4 is 10.7 Å². The molecule has 0 radical (unpaired) electrons. The van der Waals surface area contributed by atoms with E-state index in [2.05, 4.69) is 88.0 Å². The van der Waals surface area contributed by atoms with Gasteiger partial charge in [0.2, 0.25) is 0 Å². The summed E-state index contributed by atoms with van der Waals surface area (Å²) in [5, 5.41) is 0. The quantitative estimate of drug-likeness (QED) is 0.355. The molecule has 0 spiro atoms. The van der Waals surface area contributed by atoms with E-state index in [1.165, 1.54) is 16.7 Å². The second kappa shape index (κ2) is 10.3. The average molecular weight is 402 g/mol. The van der Waals surface area contributed by atoms with Crippen molar-refractivity contribution in [2.24, 2.45) is 5.90 Å². The van der Waals surface area contributed by atoms with Crippen LogP contribution in [0.4, 0.5) is 0 Å². The molecule has 3 aromatic rings. The van der Waals surface area contributed by atoms with Crippen molar-refractivity contribution in [3.05, 3.63) is 107 Å². The van der Waals surface area contributed by atoms with Crippen LogP contribution >= 0.6 is 0 Å². The summed E-state index contributed by atoms with van der Waals surface area (Å²) in [7, 11) is 0. The SMILES string of the molecule is C=C(C)c1cc(C(C)(C)C)cc(C(c2ccccc2)c2ccccc2)c1ON.CC. The minimum Gasteiger partial charge on any atom is -0.411 e. The van der Waals surface area contributed by atoms with E-state index in [-0.39, 0.29) is 11.3 Å². The Morgan fingerprint density at radius 2 is 1.33 bits per heavy atom. The summed E-state index contributed by atoms with van der Waals surface area (Å²) in [6, 6.07) is 25.4. The molecule has 0 saturated carbocycles. The Morgan fingerprint density at radius 1 is 0.867 bits per heavy atom. The molecule has 3 rings (SSSR count). The van der Waals surface area contributed by atoms with Gasteiger partial charge >= 0.3 is 0 Å². The summed E-state index contributed by atoms with van der Waals surface area (Å²) >= 11 is 0. The topological polar surface area (TPSA) is 35.2 Å².